The van der Waals surface area contributed by atoms with Crippen molar-refractivity contribution < 1.29 is 15.0 Å². The van der Waals surface area contributed by atoms with Gasteiger partial charge in [-0.15, -0.1) is 0 Å². The third-order valence-electron chi connectivity index (χ3n) is 3.05. The fourth-order valence-electron chi connectivity index (χ4n) is 1.99. The van der Waals surface area contributed by atoms with Crippen molar-refractivity contribution in [3.63, 3.8) is 0 Å². The number of fused-ring (bicyclic) bond motifs is 1. The van der Waals surface area contributed by atoms with Crippen molar-refractivity contribution in [2.24, 2.45) is 0 Å². The van der Waals surface area contributed by atoms with Gasteiger partial charge in [-0.25, -0.2) is 0 Å². The number of hydrogen-bond donors (Lipinski definition) is 4. The molecule has 0 aliphatic carbocycles. The van der Waals surface area contributed by atoms with Gasteiger partial charge in [-0.05, 0) is 18.6 Å². The van der Waals surface area contributed by atoms with Gasteiger partial charge in [-0.2, -0.15) is 4.98 Å². The lowest BCUT2D eigenvalue weighted by molar-refractivity contribution is 0.0948. The van der Waals surface area contributed by atoms with E-state index in [-0.39, 0.29) is 24.4 Å². The van der Waals surface area contributed by atoms with Crippen molar-refractivity contribution in [2.75, 3.05) is 26.2 Å². The molecule has 0 saturated heterocycles. The highest BCUT2D eigenvalue weighted by atomic mass is 16.3. The number of nitrogens with zero attached hydrogens (tertiary/aromatic N) is 2. The maximum atomic E-state index is 12.3. The lowest BCUT2D eigenvalue weighted by Crippen LogP contribution is -2.36. The number of aryl methyl sites for hydroxylation is 1. The first-order valence-electron chi connectivity index (χ1n) is 6.86. The molecule has 118 valence electrons. The molecule has 22 heavy (non-hydrogen) atoms. The number of carbonyl (C=O) groups excluding carboxylic acids is 1. The van der Waals surface area contributed by atoms with E-state index < -0.39 is 17.3 Å². The summed E-state index contributed by atoms with van der Waals surface area (Å²) in [5.74, 6) is -1.27. The van der Waals surface area contributed by atoms with Crippen LogP contribution in [0.5, 0.6) is 5.88 Å². The van der Waals surface area contributed by atoms with E-state index in [0.717, 1.165) is 5.56 Å². The van der Waals surface area contributed by atoms with E-state index >= 15 is 0 Å². The minimum absolute atomic E-state index is 0.00400. The van der Waals surface area contributed by atoms with Gasteiger partial charge in [0.2, 0.25) is 5.88 Å². The first kappa shape index (κ1) is 15.9. The summed E-state index contributed by atoms with van der Waals surface area (Å²) in [6.45, 7) is 2.93. The number of aromatic nitrogens is 2. The van der Waals surface area contributed by atoms with Crippen molar-refractivity contribution >= 4 is 11.6 Å². The minimum atomic E-state index is -0.684. The highest BCUT2D eigenvalue weighted by Crippen LogP contribution is 2.11. The van der Waals surface area contributed by atoms with E-state index in [1.165, 1.54) is 4.40 Å². The molecule has 0 aromatic carbocycles. The Labute approximate surface area is 126 Å². The Hall–Kier alpha value is -2.45. The fourth-order valence-corrected chi connectivity index (χ4v) is 1.99. The molecule has 2 aromatic rings. The van der Waals surface area contributed by atoms with E-state index in [4.69, 9.17) is 5.11 Å². The lowest BCUT2D eigenvalue weighted by Gasteiger charge is -2.08. The standard InChI is InChI=1S/C14H18N4O4/c1-9-2-3-10-17-13(21)11(14(22)18(10)8-9)12(20)16-5-4-15-6-7-19/h2-3,8,15,19,21H,4-7H2,1H3,(H,16,20). The number of aliphatic hydroxyl groups is 1. The Kier molecular flexibility index (Phi) is 5.08. The SMILES string of the molecule is Cc1ccc2nc(O)c(C(=O)NCCNCCO)c(=O)n2c1. The van der Waals surface area contributed by atoms with Crippen LogP contribution in [0.15, 0.2) is 23.1 Å². The first-order valence-corrected chi connectivity index (χ1v) is 6.86. The van der Waals surface area contributed by atoms with Crippen molar-refractivity contribution in [3.05, 3.63) is 39.8 Å². The molecular weight excluding hydrogens is 288 g/mol. The van der Waals surface area contributed by atoms with Crippen LogP contribution >= 0.6 is 0 Å². The summed E-state index contributed by atoms with van der Waals surface area (Å²) in [5.41, 5.74) is 0.105. The summed E-state index contributed by atoms with van der Waals surface area (Å²) in [4.78, 5) is 28.2. The maximum Gasteiger partial charge on any atom is 0.274 e. The Balaban J connectivity index is 2.23. The van der Waals surface area contributed by atoms with Crippen LogP contribution in [0.25, 0.3) is 5.65 Å². The zero-order chi connectivity index (χ0) is 16.1. The summed E-state index contributed by atoms with van der Waals surface area (Å²) in [7, 11) is 0. The van der Waals surface area contributed by atoms with Crippen molar-refractivity contribution in [3.8, 4) is 5.88 Å². The van der Waals surface area contributed by atoms with Crippen LogP contribution in [0, 0.1) is 6.92 Å². The number of aromatic hydroxyl groups is 1. The summed E-state index contributed by atoms with van der Waals surface area (Å²) in [6.07, 6.45) is 1.56. The van der Waals surface area contributed by atoms with Crippen LogP contribution < -0.4 is 16.2 Å². The summed E-state index contributed by atoms with van der Waals surface area (Å²) >= 11 is 0. The normalized spacial score (nSPS) is 10.8. The van der Waals surface area contributed by atoms with Gasteiger partial charge >= 0.3 is 0 Å². The maximum absolute atomic E-state index is 12.3. The number of rotatable bonds is 6. The Morgan fingerprint density at radius 3 is 2.82 bits per heavy atom. The highest BCUT2D eigenvalue weighted by Gasteiger charge is 2.19. The number of nitrogens with one attached hydrogen (secondary N) is 2. The van der Waals surface area contributed by atoms with Gasteiger partial charge in [-0.1, -0.05) is 6.07 Å². The second-order valence-corrected chi connectivity index (χ2v) is 4.78. The molecule has 0 atom stereocenters. The molecule has 0 radical (unpaired) electrons. The van der Waals surface area contributed by atoms with Crippen LogP contribution in [0.2, 0.25) is 0 Å². The molecule has 4 N–H and O–H groups in total. The zero-order valence-electron chi connectivity index (χ0n) is 12.2. The Bertz CT molecular complexity index is 741. The van der Waals surface area contributed by atoms with Gasteiger partial charge in [0.05, 0.1) is 6.61 Å². The highest BCUT2D eigenvalue weighted by molar-refractivity contribution is 5.96. The third kappa shape index (κ3) is 3.41. The van der Waals surface area contributed by atoms with E-state index in [1.54, 1.807) is 18.3 Å². The molecule has 0 bridgehead atoms. The van der Waals surface area contributed by atoms with Crippen LogP contribution in [-0.2, 0) is 0 Å². The van der Waals surface area contributed by atoms with Crippen molar-refractivity contribution in [1.82, 2.24) is 20.0 Å². The summed E-state index contributed by atoms with van der Waals surface area (Å²) < 4.78 is 1.23. The van der Waals surface area contributed by atoms with Gasteiger partial charge in [0.15, 0.2) is 5.56 Å². The number of carbonyl (C=O) groups is 1. The van der Waals surface area contributed by atoms with E-state index in [0.29, 0.717) is 13.1 Å². The second kappa shape index (κ2) is 7.01. The fraction of sp³-hybridized carbons (Fsp3) is 0.357. The first-order chi connectivity index (χ1) is 10.5. The minimum Gasteiger partial charge on any atom is -0.493 e. The van der Waals surface area contributed by atoms with Gasteiger partial charge in [0.25, 0.3) is 11.5 Å². The summed E-state index contributed by atoms with van der Waals surface area (Å²) in [5, 5.41) is 23.9. The predicted octanol–water partition coefficient (Wildman–Crippen LogP) is -0.980. The van der Waals surface area contributed by atoms with Crippen LogP contribution in [-0.4, -0.2) is 51.7 Å². The molecule has 0 saturated carbocycles. The van der Waals surface area contributed by atoms with Crippen molar-refractivity contribution in [1.29, 1.82) is 0 Å². The molecule has 8 heteroatoms. The average molecular weight is 306 g/mol. The van der Waals surface area contributed by atoms with E-state index in [1.807, 2.05) is 6.92 Å². The number of amides is 1. The molecule has 0 aliphatic heterocycles. The van der Waals surface area contributed by atoms with E-state index in [9.17, 15) is 14.7 Å². The lowest BCUT2D eigenvalue weighted by atomic mass is 10.2. The molecule has 0 aliphatic rings. The molecule has 2 rings (SSSR count). The predicted molar refractivity (Wildman–Crippen MR) is 80.2 cm³/mol. The second-order valence-electron chi connectivity index (χ2n) is 4.78. The van der Waals surface area contributed by atoms with Crippen LogP contribution in [0.3, 0.4) is 0 Å². The molecular formula is C14H18N4O4. The largest absolute Gasteiger partial charge is 0.493 e. The van der Waals surface area contributed by atoms with Crippen molar-refractivity contribution in [2.45, 2.75) is 6.92 Å². The van der Waals surface area contributed by atoms with Gasteiger partial charge in [-0.3, -0.25) is 14.0 Å². The third-order valence-corrected chi connectivity index (χ3v) is 3.05. The van der Waals surface area contributed by atoms with Gasteiger partial charge in [0.1, 0.15) is 5.65 Å². The quantitative estimate of drug-likeness (QED) is 0.510. The molecule has 2 aromatic heterocycles. The number of pyridine rings is 1. The molecule has 0 fully saturated rings. The molecule has 8 nitrogen and oxygen atoms in total. The number of aliphatic hydroxyl groups excluding tert-OH is 1. The van der Waals surface area contributed by atoms with Crippen LogP contribution in [0.1, 0.15) is 15.9 Å². The van der Waals surface area contributed by atoms with Gasteiger partial charge in [0, 0.05) is 25.8 Å². The zero-order valence-corrected chi connectivity index (χ0v) is 12.2. The van der Waals surface area contributed by atoms with Gasteiger partial charge < -0.3 is 20.8 Å². The smallest absolute Gasteiger partial charge is 0.274 e. The summed E-state index contributed by atoms with van der Waals surface area (Å²) in [6, 6.07) is 3.35. The van der Waals surface area contributed by atoms with E-state index in [2.05, 4.69) is 15.6 Å². The average Bonchev–Trinajstić information content (AvgIpc) is 2.48. The Morgan fingerprint density at radius 1 is 1.32 bits per heavy atom. The molecule has 1 amide bonds. The van der Waals surface area contributed by atoms with Crippen LogP contribution in [0.4, 0.5) is 0 Å². The molecule has 0 unspecified atom stereocenters. The number of hydrogen-bond acceptors (Lipinski definition) is 6. The monoisotopic (exact) mass is 306 g/mol. The molecule has 0 spiro atoms. The topological polar surface area (TPSA) is 116 Å². The molecule has 2 heterocycles. The Morgan fingerprint density at radius 2 is 2.09 bits per heavy atom.